The van der Waals surface area contributed by atoms with Gasteiger partial charge in [-0.05, 0) is 39.9 Å². The standard InChI is InChI=1S/C24H17N/c1-2-8-17(9-3-1)23-16-18(14-15-25-23)24-21-12-6-4-10-19(21)20-11-5-7-13-22(20)24/h1-16,24H. The molecular weight excluding hydrogens is 302 g/mol. The second-order valence-electron chi connectivity index (χ2n) is 6.45. The van der Waals surface area contributed by atoms with E-state index >= 15 is 0 Å². The number of pyridine rings is 1. The molecule has 1 heteroatoms. The molecule has 0 saturated heterocycles. The van der Waals surface area contributed by atoms with Gasteiger partial charge in [0.15, 0.2) is 0 Å². The number of benzene rings is 3. The maximum absolute atomic E-state index is 4.59. The third-order valence-electron chi connectivity index (χ3n) is 5.02. The molecule has 0 bridgehead atoms. The van der Waals surface area contributed by atoms with Crippen molar-refractivity contribution in [2.75, 3.05) is 0 Å². The molecule has 1 nitrogen and oxygen atoms in total. The molecule has 0 fully saturated rings. The molecule has 0 radical (unpaired) electrons. The maximum atomic E-state index is 4.59. The summed E-state index contributed by atoms with van der Waals surface area (Å²) >= 11 is 0. The van der Waals surface area contributed by atoms with E-state index in [1.54, 1.807) is 0 Å². The van der Waals surface area contributed by atoms with Crippen molar-refractivity contribution in [2.24, 2.45) is 0 Å². The average molecular weight is 319 g/mol. The van der Waals surface area contributed by atoms with Crippen LogP contribution >= 0.6 is 0 Å². The van der Waals surface area contributed by atoms with E-state index in [9.17, 15) is 0 Å². The van der Waals surface area contributed by atoms with Gasteiger partial charge in [-0.3, -0.25) is 4.98 Å². The molecule has 1 heterocycles. The van der Waals surface area contributed by atoms with Gasteiger partial charge in [0.2, 0.25) is 0 Å². The van der Waals surface area contributed by atoms with E-state index in [2.05, 4.69) is 89.9 Å². The lowest BCUT2D eigenvalue weighted by Crippen LogP contribution is -2.00. The molecule has 0 spiro atoms. The lowest BCUT2D eigenvalue weighted by Gasteiger charge is -2.15. The Hall–Kier alpha value is -3.19. The summed E-state index contributed by atoms with van der Waals surface area (Å²) in [6.07, 6.45) is 1.93. The topological polar surface area (TPSA) is 12.9 Å². The highest BCUT2D eigenvalue weighted by Crippen LogP contribution is 2.47. The predicted molar refractivity (Wildman–Crippen MR) is 102 cm³/mol. The Morgan fingerprint density at radius 3 is 1.88 bits per heavy atom. The Morgan fingerprint density at radius 1 is 0.600 bits per heavy atom. The Morgan fingerprint density at radius 2 is 1.20 bits per heavy atom. The number of rotatable bonds is 2. The zero-order valence-electron chi connectivity index (χ0n) is 13.8. The molecule has 3 aromatic carbocycles. The number of hydrogen-bond acceptors (Lipinski definition) is 1. The van der Waals surface area contributed by atoms with Gasteiger partial charge in [-0.2, -0.15) is 0 Å². The normalized spacial score (nSPS) is 12.6. The van der Waals surface area contributed by atoms with Crippen molar-refractivity contribution in [3.05, 3.63) is 114 Å². The molecule has 5 rings (SSSR count). The fourth-order valence-electron chi connectivity index (χ4n) is 3.91. The fourth-order valence-corrected chi connectivity index (χ4v) is 3.91. The molecule has 0 N–H and O–H groups in total. The number of nitrogens with zero attached hydrogens (tertiary/aromatic N) is 1. The largest absolute Gasteiger partial charge is 0.256 e. The van der Waals surface area contributed by atoms with Crippen LogP contribution in [-0.4, -0.2) is 4.98 Å². The molecule has 1 aromatic heterocycles. The van der Waals surface area contributed by atoms with Crippen molar-refractivity contribution < 1.29 is 0 Å². The quantitative estimate of drug-likeness (QED) is 0.394. The first-order valence-electron chi connectivity index (χ1n) is 8.61. The highest BCUT2D eigenvalue weighted by Gasteiger charge is 2.29. The fraction of sp³-hybridized carbons (Fsp3) is 0.0417. The van der Waals surface area contributed by atoms with Gasteiger partial charge in [0.05, 0.1) is 5.69 Å². The first-order chi connectivity index (χ1) is 12.4. The number of fused-ring (bicyclic) bond motifs is 3. The van der Waals surface area contributed by atoms with Gasteiger partial charge < -0.3 is 0 Å². The second kappa shape index (κ2) is 5.71. The third kappa shape index (κ3) is 2.28. The summed E-state index contributed by atoms with van der Waals surface area (Å²) in [6.45, 7) is 0. The highest BCUT2D eigenvalue weighted by atomic mass is 14.7. The summed E-state index contributed by atoms with van der Waals surface area (Å²) < 4.78 is 0. The predicted octanol–water partition coefficient (Wildman–Crippen LogP) is 5.91. The van der Waals surface area contributed by atoms with E-state index < -0.39 is 0 Å². The summed E-state index contributed by atoms with van der Waals surface area (Å²) in [5.41, 5.74) is 8.94. The van der Waals surface area contributed by atoms with Crippen LogP contribution in [-0.2, 0) is 0 Å². The van der Waals surface area contributed by atoms with Gasteiger partial charge in [0, 0.05) is 17.7 Å². The Balaban J connectivity index is 1.69. The van der Waals surface area contributed by atoms with E-state index in [0.29, 0.717) is 0 Å². The summed E-state index contributed by atoms with van der Waals surface area (Å²) in [7, 11) is 0. The second-order valence-corrected chi connectivity index (χ2v) is 6.45. The minimum atomic E-state index is 0.276. The molecular formula is C24H17N. The van der Waals surface area contributed by atoms with Gasteiger partial charge >= 0.3 is 0 Å². The Kier molecular flexibility index (Phi) is 3.24. The average Bonchev–Trinajstić information content (AvgIpc) is 3.03. The van der Waals surface area contributed by atoms with E-state index in [1.807, 2.05) is 12.3 Å². The van der Waals surface area contributed by atoms with Crippen LogP contribution in [0.2, 0.25) is 0 Å². The molecule has 0 amide bonds. The van der Waals surface area contributed by atoms with Gasteiger partial charge in [0.1, 0.15) is 0 Å². The lowest BCUT2D eigenvalue weighted by atomic mass is 9.89. The summed E-state index contributed by atoms with van der Waals surface area (Å²) in [4.78, 5) is 4.59. The van der Waals surface area contributed by atoms with Gasteiger partial charge in [-0.25, -0.2) is 0 Å². The smallest absolute Gasteiger partial charge is 0.0705 e. The monoisotopic (exact) mass is 319 g/mol. The van der Waals surface area contributed by atoms with Crippen LogP contribution in [0.25, 0.3) is 22.4 Å². The molecule has 118 valence electrons. The molecule has 1 aliphatic rings. The highest BCUT2D eigenvalue weighted by molar-refractivity contribution is 5.80. The SMILES string of the molecule is c1ccc(-c2cc(C3c4ccccc4-c4ccccc43)ccn2)cc1. The van der Waals surface area contributed by atoms with Crippen molar-refractivity contribution in [3.8, 4) is 22.4 Å². The first-order valence-corrected chi connectivity index (χ1v) is 8.61. The Labute approximate surface area is 147 Å². The van der Waals surface area contributed by atoms with Crippen molar-refractivity contribution in [3.63, 3.8) is 0 Å². The van der Waals surface area contributed by atoms with Crippen molar-refractivity contribution in [2.45, 2.75) is 5.92 Å². The molecule has 0 unspecified atom stereocenters. The van der Waals surface area contributed by atoms with Crippen molar-refractivity contribution in [1.29, 1.82) is 0 Å². The van der Waals surface area contributed by atoms with Crippen LogP contribution in [0.5, 0.6) is 0 Å². The van der Waals surface area contributed by atoms with Crippen LogP contribution in [0.3, 0.4) is 0 Å². The van der Waals surface area contributed by atoms with Gasteiger partial charge in [-0.15, -0.1) is 0 Å². The van der Waals surface area contributed by atoms with E-state index in [-0.39, 0.29) is 5.92 Å². The zero-order chi connectivity index (χ0) is 16.6. The van der Waals surface area contributed by atoms with Crippen LogP contribution in [0.15, 0.2) is 97.2 Å². The lowest BCUT2D eigenvalue weighted by molar-refractivity contribution is 1.01. The third-order valence-corrected chi connectivity index (χ3v) is 5.02. The van der Waals surface area contributed by atoms with E-state index in [0.717, 1.165) is 11.3 Å². The summed E-state index contributed by atoms with van der Waals surface area (Å²) in [5.74, 6) is 0.276. The van der Waals surface area contributed by atoms with Crippen molar-refractivity contribution in [1.82, 2.24) is 4.98 Å². The van der Waals surface area contributed by atoms with Crippen LogP contribution in [0.4, 0.5) is 0 Å². The molecule has 25 heavy (non-hydrogen) atoms. The Bertz CT molecular complexity index is 1000. The number of aromatic nitrogens is 1. The van der Waals surface area contributed by atoms with Crippen LogP contribution in [0.1, 0.15) is 22.6 Å². The summed E-state index contributed by atoms with van der Waals surface area (Å²) in [6, 6.07) is 32.3. The van der Waals surface area contributed by atoms with E-state index in [4.69, 9.17) is 0 Å². The van der Waals surface area contributed by atoms with Gasteiger partial charge in [-0.1, -0.05) is 78.9 Å². The molecule has 0 aliphatic heterocycles. The van der Waals surface area contributed by atoms with Crippen LogP contribution < -0.4 is 0 Å². The maximum Gasteiger partial charge on any atom is 0.0705 e. The number of hydrogen-bond donors (Lipinski definition) is 0. The van der Waals surface area contributed by atoms with Crippen LogP contribution in [0, 0.1) is 0 Å². The minimum absolute atomic E-state index is 0.276. The molecule has 0 saturated carbocycles. The molecule has 1 aliphatic carbocycles. The first kappa shape index (κ1) is 14.2. The van der Waals surface area contributed by atoms with Crippen molar-refractivity contribution >= 4 is 0 Å². The molecule has 0 atom stereocenters. The zero-order valence-corrected chi connectivity index (χ0v) is 13.8. The van der Waals surface area contributed by atoms with E-state index in [1.165, 1.54) is 27.8 Å². The summed E-state index contributed by atoms with van der Waals surface area (Å²) in [5, 5.41) is 0. The minimum Gasteiger partial charge on any atom is -0.256 e. The molecule has 4 aromatic rings. The van der Waals surface area contributed by atoms with Gasteiger partial charge in [0.25, 0.3) is 0 Å².